The first kappa shape index (κ1) is 57.5. The molecule has 19 nitrogen and oxygen atoms in total. The Labute approximate surface area is 428 Å². The lowest BCUT2D eigenvalue weighted by atomic mass is 9.80. The third kappa shape index (κ3) is 13.0. The molecule has 5 N–H and O–H groups in total. The molecule has 0 radical (unpaired) electrons. The smallest absolute Gasteiger partial charge is 0.295 e. The number of hydrogen-bond acceptors (Lipinski definition) is 14. The Hall–Kier alpha value is -4.79. The van der Waals surface area contributed by atoms with Gasteiger partial charge in [0.05, 0.1) is 36.2 Å². The first-order chi connectivity index (χ1) is 34.1. The first-order valence-electron chi connectivity index (χ1n) is 23.9. The van der Waals surface area contributed by atoms with Crippen molar-refractivity contribution in [3.05, 3.63) is 95.4 Å². The molecule has 4 aromatic carbocycles. The number of nitrogens with one attached hydrogen (secondary N) is 1. The number of amides is 1. The van der Waals surface area contributed by atoms with Crippen LogP contribution in [0.15, 0.2) is 104 Å². The van der Waals surface area contributed by atoms with Crippen LogP contribution in [0.25, 0.3) is 21.5 Å². The Morgan fingerprint density at radius 1 is 0.603 bits per heavy atom. The van der Waals surface area contributed by atoms with Crippen LogP contribution in [0, 0.1) is 0 Å². The average molecular weight is 1090 g/mol. The van der Waals surface area contributed by atoms with E-state index >= 15 is 0 Å². The van der Waals surface area contributed by atoms with E-state index in [4.69, 9.17) is 14.2 Å². The van der Waals surface area contributed by atoms with Gasteiger partial charge >= 0.3 is 0 Å². The Kier molecular flexibility index (Phi) is 18.1. The maximum atomic E-state index is 12.8. The largest absolute Gasteiger partial charge is 0.379 e. The third-order valence-corrected chi connectivity index (χ3v) is 16.5. The van der Waals surface area contributed by atoms with Gasteiger partial charge in [-0.15, -0.1) is 0 Å². The van der Waals surface area contributed by atoms with Crippen LogP contribution in [-0.4, -0.2) is 117 Å². The summed E-state index contributed by atoms with van der Waals surface area (Å²) in [6, 6.07) is 10.2. The molecule has 0 saturated heterocycles. The minimum absolute atomic E-state index is 0.0465. The Morgan fingerprint density at radius 3 is 1.59 bits per heavy atom. The van der Waals surface area contributed by atoms with Crippen molar-refractivity contribution in [2.24, 2.45) is 0 Å². The van der Waals surface area contributed by atoms with Crippen molar-refractivity contribution in [1.82, 2.24) is 5.32 Å². The van der Waals surface area contributed by atoms with Gasteiger partial charge in [-0.1, -0.05) is 65.0 Å². The topological polar surface area (TPSA) is 281 Å². The number of carbonyl (C=O) groups is 1. The van der Waals surface area contributed by atoms with Gasteiger partial charge in [-0.2, -0.15) is 33.7 Å². The molecule has 0 unspecified atom stereocenters. The van der Waals surface area contributed by atoms with E-state index in [0.29, 0.717) is 114 Å². The lowest BCUT2D eigenvalue weighted by molar-refractivity contribution is -0.121. The number of likely N-dealkylation sites (N-methyl/N-ethyl adjacent to an activating group) is 1. The quantitative estimate of drug-likeness (QED) is 0.0313. The van der Waals surface area contributed by atoms with Gasteiger partial charge < -0.3 is 29.3 Å². The fourth-order valence-corrected chi connectivity index (χ4v) is 12.5. The number of fused-ring (bicyclic) bond motifs is 6. The molecule has 2 aliphatic rings. The Balaban J connectivity index is 1.25. The summed E-state index contributed by atoms with van der Waals surface area (Å²) in [6.07, 6.45) is 10.8. The van der Waals surface area contributed by atoms with E-state index in [9.17, 15) is 56.7 Å². The molecule has 2 aliphatic heterocycles. The zero-order valence-corrected chi connectivity index (χ0v) is 45.0. The van der Waals surface area contributed by atoms with Crippen molar-refractivity contribution in [3.63, 3.8) is 0 Å². The van der Waals surface area contributed by atoms with Gasteiger partial charge in [0.1, 0.15) is 9.79 Å². The van der Waals surface area contributed by atoms with Crippen LogP contribution in [0.1, 0.15) is 91.2 Å². The minimum atomic E-state index is -4.97. The van der Waals surface area contributed by atoms with Crippen molar-refractivity contribution < 1.29 is 70.9 Å². The zero-order chi connectivity index (χ0) is 53.7. The summed E-state index contributed by atoms with van der Waals surface area (Å²) in [5.74, 6) is -0.124. The molecule has 0 fully saturated rings. The lowest BCUT2D eigenvalue weighted by Crippen LogP contribution is -2.28. The molecular formula is C50H65N3O16S4. The number of ether oxygens (including phenoxy) is 3. The van der Waals surface area contributed by atoms with Crippen LogP contribution in [0.5, 0.6) is 0 Å². The van der Waals surface area contributed by atoms with Crippen molar-refractivity contribution >= 4 is 79.3 Å². The average Bonchev–Trinajstić information content (AvgIpc) is 3.66. The summed E-state index contributed by atoms with van der Waals surface area (Å²) in [5, 5.41) is 3.45. The monoisotopic (exact) mass is 1090 g/mol. The van der Waals surface area contributed by atoms with Crippen LogP contribution in [0.2, 0.25) is 0 Å². The third-order valence-electron chi connectivity index (χ3n) is 13.0. The van der Waals surface area contributed by atoms with Crippen molar-refractivity contribution in [3.8, 4) is 0 Å². The highest BCUT2D eigenvalue weighted by Gasteiger charge is 2.43. The van der Waals surface area contributed by atoms with E-state index in [1.807, 2.05) is 75.6 Å². The number of hydrogen-bond donors (Lipinski definition) is 5. The fraction of sp³-hybridized carbons (Fsp3) is 0.460. The maximum Gasteiger partial charge on any atom is 0.295 e. The van der Waals surface area contributed by atoms with E-state index < -0.39 is 70.9 Å². The number of carbonyl (C=O) groups excluding carboxylic acids is 1. The highest BCUT2D eigenvalue weighted by atomic mass is 32.2. The molecule has 0 spiro atoms. The van der Waals surface area contributed by atoms with E-state index in [2.05, 4.69) is 5.32 Å². The van der Waals surface area contributed by atoms with Gasteiger partial charge in [-0.25, -0.2) is 0 Å². The molecule has 0 aliphatic carbocycles. The second kappa shape index (κ2) is 23.0. The Morgan fingerprint density at radius 2 is 1.10 bits per heavy atom. The van der Waals surface area contributed by atoms with E-state index in [0.717, 1.165) is 23.9 Å². The summed E-state index contributed by atoms with van der Waals surface area (Å²) in [6.45, 7) is 15.9. The molecule has 2 heterocycles. The molecule has 0 bridgehead atoms. The van der Waals surface area contributed by atoms with E-state index in [-0.39, 0.29) is 33.9 Å². The molecule has 0 atom stereocenters. The van der Waals surface area contributed by atoms with Crippen molar-refractivity contribution in [2.75, 3.05) is 69.1 Å². The minimum Gasteiger partial charge on any atom is -0.379 e. The summed E-state index contributed by atoms with van der Waals surface area (Å²) in [4.78, 5) is 14.1. The standard InChI is InChI=1S/C50H65N3O16S4/c1-7-24-67-26-28-69-29-27-68-25-14-22-51-46(54)17-12-13-23-53-41-21-19-37-39(31-35(71(58,59)60)33-43(37)73(64,65)66)48(41)50(5,6)45(53)16-11-9-10-15-44-49(3,4)47-38-30-34(70(55,56)57)32-42(72(61,62)63)36(38)18-20-40(47)52(44)8-2/h9,11,15-16,18-21,30-33H,7-8,10,12-14,17,22-29H2,1-6H3,(H,51,54)(H,55,56,57)(H,58,59,60)(H,61,62,63)(H,64,65,66)/b11-9-,44-15+,45-16-. The van der Waals surface area contributed by atoms with Crippen LogP contribution < -0.4 is 15.1 Å². The number of benzene rings is 4. The number of anilines is 2. The number of nitrogens with zero attached hydrogens (tertiary/aromatic N) is 2. The summed E-state index contributed by atoms with van der Waals surface area (Å²) >= 11 is 0. The molecule has 0 saturated carbocycles. The molecule has 400 valence electrons. The van der Waals surface area contributed by atoms with Gasteiger partial charge in [-0.3, -0.25) is 23.0 Å². The van der Waals surface area contributed by atoms with Gasteiger partial charge in [0.2, 0.25) is 5.91 Å². The van der Waals surface area contributed by atoms with Gasteiger partial charge in [0, 0.05) is 83.6 Å². The van der Waals surface area contributed by atoms with Gasteiger partial charge in [-0.05, 0) is 103 Å². The first-order valence-corrected chi connectivity index (χ1v) is 29.7. The normalized spacial score (nSPS) is 16.9. The van der Waals surface area contributed by atoms with Crippen LogP contribution >= 0.6 is 0 Å². The molecule has 0 aromatic heterocycles. The SMILES string of the molecule is CCCOCCOCCOCCCNC(=O)CCCCN1/C(=C\C=C/C/C=C2/N(CC)c3ccc4c(S(=O)(=O)O)cc(S(=O)(=O)O)cc4c3C2(C)C)C(C)(C)c2c1ccc1c(S(=O)(=O)O)cc(S(=O)(=O)O)cc21. The fourth-order valence-electron chi connectivity index (χ4n) is 9.80. The van der Waals surface area contributed by atoms with Crippen LogP contribution in [0.3, 0.4) is 0 Å². The molecular weight excluding hydrogens is 1030 g/mol. The number of unbranched alkanes of at least 4 members (excludes halogenated alkanes) is 1. The zero-order valence-electron chi connectivity index (χ0n) is 41.8. The summed E-state index contributed by atoms with van der Waals surface area (Å²) < 4.78 is 157. The van der Waals surface area contributed by atoms with Crippen LogP contribution in [-0.2, 0) is 70.3 Å². The van der Waals surface area contributed by atoms with E-state index in [1.54, 1.807) is 12.1 Å². The predicted octanol–water partition coefficient (Wildman–Crippen LogP) is 7.75. The molecule has 4 aromatic rings. The molecule has 73 heavy (non-hydrogen) atoms. The highest BCUT2D eigenvalue weighted by molar-refractivity contribution is 7.87. The lowest BCUT2D eigenvalue weighted by Gasteiger charge is -2.27. The second-order valence-corrected chi connectivity index (χ2v) is 24.4. The second-order valence-electron chi connectivity index (χ2n) is 18.8. The number of rotatable bonds is 25. The summed E-state index contributed by atoms with van der Waals surface area (Å²) in [7, 11) is -19.7. The summed E-state index contributed by atoms with van der Waals surface area (Å²) in [5.41, 5.74) is 2.21. The predicted molar refractivity (Wildman–Crippen MR) is 278 cm³/mol. The van der Waals surface area contributed by atoms with Crippen LogP contribution in [0.4, 0.5) is 11.4 Å². The molecule has 6 rings (SSSR count). The van der Waals surface area contributed by atoms with E-state index in [1.165, 1.54) is 24.3 Å². The molecule has 1 amide bonds. The van der Waals surface area contributed by atoms with Crippen molar-refractivity contribution in [2.45, 2.75) is 110 Å². The number of allylic oxidation sites excluding steroid dienone is 6. The van der Waals surface area contributed by atoms with Gasteiger partial charge in [0.15, 0.2) is 0 Å². The maximum absolute atomic E-state index is 12.8. The Bertz CT molecular complexity index is 3290. The van der Waals surface area contributed by atoms with Crippen molar-refractivity contribution in [1.29, 1.82) is 0 Å². The highest BCUT2D eigenvalue weighted by Crippen LogP contribution is 2.53. The van der Waals surface area contributed by atoms with Gasteiger partial charge in [0.25, 0.3) is 40.5 Å². The molecule has 23 heteroatoms.